The Morgan fingerprint density at radius 2 is 2.05 bits per heavy atom. The number of ether oxygens (including phenoxy) is 1. The number of carbonyl (C=O) groups excluding carboxylic acids is 1. The van der Waals surface area contributed by atoms with Crippen LogP contribution in [0.5, 0.6) is 0 Å². The van der Waals surface area contributed by atoms with Gasteiger partial charge in [0.05, 0.1) is 6.10 Å². The van der Waals surface area contributed by atoms with Gasteiger partial charge in [0.25, 0.3) is 0 Å². The van der Waals surface area contributed by atoms with Gasteiger partial charge in [0.15, 0.2) is 0 Å². The first-order valence-electron chi connectivity index (χ1n) is 6.97. The average Bonchev–Trinajstić information content (AvgIpc) is 2.78. The molecule has 6 nitrogen and oxygen atoms in total. The third-order valence-corrected chi connectivity index (χ3v) is 4.18. The van der Waals surface area contributed by atoms with Crippen molar-refractivity contribution < 1.29 is 19.4 Å². The van der Waals surface area contributed by atoms with Crippen LogP contribution in [0.2, 0.25) is 0 Å². The van der Waals surface area contributed by atoms with Crippen molar-refractivity contribution in [2.45, 2.75) is 46.3 Å². The topological polar surface area (TPSA) is 78.9 Å². The fourth-order valence-electron chi connectivity index (χ4n) is 2.07. The number of aliphatic carboxylic acids is 1. The van der Waals surface area contributed by atoms with E-state index in [1.807, 2.05) is 0 Å². The van der Waals surface area contributed by atoms with Gasteiger partial charge in [0.1, 0.15) is 6.04 Å². The Bertz CT molecular complexity index is 365. The number of hydrogen-bond acceptors (Lipinski definition) is 3. The van der Waals surface area contributed by atoms with Crippen LogP contribution < -0.4 is 5.32 Å². The van der Waals surface area contributed by atoms with Crippen molar-refractivity contribution in [3.8, 4) is 0 Å². The van der Waals surface area contributed by atoms with E-state index in [0.29, 0.717) is 25.4 Å². The molecule has 6 heteroatoms. The van der Waals surface area contributed by atoms with Gasteiger partial charge < -0.3 is 20.1 Å². The van der Waals surface area contributed by atoms with Gasteiger partial charge in [-0.3, -0.25) is 0 Å². The Balaban J connectivity index is 2.59. The van der Waals surface area contributed by atoms with Crippen molar-refractivity contribution in [3.63, 3.8) is 0 Å². The molecule has 1 fully saturated rings. The summed E-state index contributed by atoms with van der Waals surface area (Å²) in [5.41, 5.74) is 0.0968. The fourth-order valence-corrected chi connectivity index (χ4v) is 2.07. The van der Waals surface area contributed by atoms with Gasteiger partial charge in [-0.05, 0) is 11.3 Å². The summed E-state index contributed by atoms with van der Waals surface area (Å²) in [7, 11) is 1.53. The summed E-state index contributed by atoms with van der Waals surface area (Å²) in [5.74, 6) is -0.681. The standard InChI is InChI=1S/C14H26N2O4/c1-9(14(2,3)4)7-15-13(19)16-8-10(20-5)6-11(16)12(17)18/h9-11H,6-8H2,1-5H3,(H,15,19)(H,17,18). The van der Waals surface area contributed by atoms with Crippen LogP contribution in [0.1, 0.15) is 34.1 Å². The van der Waals surface area contributed by atoms with E-state index in [0.717, 1.165) is 0 Å². The second kappa shape index (κ2) is 6.43. The number of urea groups is 1. The van der Waals surface area contributed by atoms with Crippen LogP contribution in [0, 0.1) is 11.3 Å². The third-order valence-electron chi connectivity index (χ3n) is 4.18. The molecule has 1 heterocycles. The number of carboxylic acids is 1. The van der Waals surface area contributed by atoms with E-state index in [-0.39, 0.29) is 17.6 Å². The zero-order chi connectivity index (χ0) is 15.5. The van der Waals surface area contributed by atoms with Crippen molar-refractivity contribution in [1.82, 2.24) is 10.2 Å². The highest BCUT2D eigenvalue weighted by atomic mass is 16.5. The Morgan fingerprint density at radius 1 is 1.45 bits per heavy atom. The van der Waals surface area contributed by atoms with E-state index in [2.05, 4.69) is 33.0 Å². The van der Waals surface area contributed by atoms with E-state index in [9.17, 15) is 14.7 Å². The minimum absolute atomic E-state index is 0.0968. The van der Waals surface area contributed by atoms with Crippen LogP contribution in [0.15, 0.2) is 0 Å². The summed E-state index contributed by atoms with van der Waals surface area (Å²) in [6.07, 6.45) is 0.135. The van der Waals surface area contributed by atoms with Crippen LogP contribution in [-0.2, 0) is 9.53 Å². The lowest BCUT2D eigenvalue weighted by atomic mass is 9.82. The maximum Gasteiger partial charge on any atom is 0.326 e. The fraction of sp³-hybridized carbons (Fsp3) is 0.857. The monoisotopic (exact) mass is 286 g/mol. The summed E-state index contributed by atoms with van der Waals surface area (Å²) in [5, 5.41) is 12.0. The largest absolute Gasteiger partial charge is 0.480 e. The lowest BCUT2D eigenvalue weighted by Crippen LogP contribution is -2.47. The Labute approximate surface area is 120 Å². The van der Waals surface area contributed by atoms with Crippen LogP contribution >= 0.6 is 0 Å². The molecule has 0 aromatic rings. The van der Waals surface area contributed by atoms with Crippen molar-refractivity contribution in [2.75, 3.05) is 20.2 Å². The first-order valence-corrected chi connectivity index (χ1v) is 6.97. The summed E-state index contributed by atoms with van der Waals surface area (Å²) < 4.78 is 5.17. The predicted octanol–water partition coefficient (Wildman–Crippen LogP) is 1.55. The number of carboxylic acid groups (broad SMARTS) is 1. The van der Waals surface area contributed by atoms with Gasteiger partial charge in [0, 0.05) is 26.6 Å². The van der Waals surface area contributed by atoms with Crippen molar-refractivity contribution in [3.05, 3.63) is 0 Å². The molecule has 0 bridgehead atoms. The molecular formula is C14H26N2O4. The molecule has 0 saturated carbocycles. The summed E-state index contributed by atoms with van der Waals surface area (Å²) in [6.45, 7) is 9.25. The molecule has 2 N–H and O–H groups in total. The average molecular weight is 286 g/mol. The number of amides is 2. The molecule has 116 valence electrons. The van der Waals surface area contributed by atoms with E-state index >= 15 is 0 Å². The van der Waals surface area contributed by atoms with Crippen molar-refractivity contribution >= 4 is 12.0 Å². The van der Waals surface area contributed by atoms with Gasteiger partial charge in [-0.2, -0.15) is 0 Å². The van der Waals surface area contributed by atoms with Crippen LogP contribution in [0.25, 0.3) is 0 Å². The van der Waals surface area contributed by atoms with Crippen LogP contribution in [0.4, 0.5) is 4.79 Å². The minimum Gasteiger partial charge on any atom is -0.480 e. The Hall–Kier alpha value is -1.30. The lowest BCUT2D eigenvalue weighted by molar-refractivity contribution is -0.141. The zero-order valence-electron chi connectivity index (χ0n) is 13.0. The quantitative estimate of drug-likeness (QED) is 0.822. The maximum absolute atomic E-state index is 12.1. The highest BCUT2D eigenvalue weighted by Crippen LogP contribution is 2.25. The number of carbonyl (C=O) groups is 2. The lowest BCUT2D eigenvalue weighted by Gasteiger charge is -2.29. The minimum atomic E-state index is -0.983. The normalized spacial score (nSPS) is 24.6. The molecule has 20 heavy (non-hydrogen) atoms. The van der Waals surface area contributed by atoms with Gasteiger partial charge in [-0.15, -0.1) is 0 Å². The van der Waals surface area contributed by atoms with Gasteiger partial charge >= 0.3 is 12.0 Å². The zero-order valence-corrected chi connectivity index (χ0v) is 13.0. The second-order valence-corrected chi connectivity index (χ2v) is 6.55. The molecule has 1 aliphatic rings. The molecule has 1 aliphatic heterocycles. The van der Waals surface area contributed by atoms with E-state index in [4.69, 9.17) is 4.74 Å². The molecule has 0 aromatic heterocycles. The number of rotatable bonds is 4. The number of nitrogens with one attached hydrogen (secondary N) is 1. The molecule has 0 aromatic carbocycles. The molecule has 1 rings (SSSR count). The predicted molar refractivity (Wildman–Crippen MR) is 75.6 cm³/mol. The van der Waals surface area contributed by atoms with E-state index in [1.54, 1.807) is 0 Å². The third kappa shape index (κ3) is 4.10. The second-order valence-electron chi connectivity index (χ2n) is 6.55. The summed E-state index contributed by atoms with van der Waals surface area (Å²) in [6, 6.07) is -1.13. The smallest absolute Gasteiger partial charge is 0.326 e. The van der Waals surface area contributed by atoms with Gasteiger partial charge in [-0.1, -0.05) is 27.7 Å². The molecule has 0 radical (unpaired) electrons. The van der Waals surface area contributed by atoms with E-state index in [1.165, 1.54) is 12.0 Å². The van der Waals surface area contributed by atoms with Gasteiger partial charge in [-0.25, -0.2) is 9.59 Å². The first kappa shape index (κ1) is 16.8. The van der Waals surface area contributed by atoms with Crippen LogP contribution in [-0.4, -0.2) is 54.4 Å². The Morgan fingerprint density at radius 3 is 2.50 bits per heavy atom. The maximum atomic E-state index is 12.1. The number of likely N-dealkylation sites (tertiary alicyclic amines) is 1. The number of methoxy groups -OCH3 is 1. The highest BCUT2D eigenvalue weighted by molar-refractivity contribution is 5.83. The number of hydrogen-bond donors (Lipinski definition) is 2. The first-order chi connectivity index (χ1) is 9.16. The van der Waals surface area contributed by atoms with E-state index < -0.39 is 12.0 Å². The molecule has 1 saturated heterocycles. The number of nitrogens with zero attached hydrogens (tertiary/aromatic N) is 1. The molecule has 0 aliphatic carbocycles. The summed E-state index contributed by atoms with van der Waals surface area (Å²) >= 11 is 0. The van der Waals surface area contributed by atoms with Crippen molar-refractivity contribution in [2.24, 2.45) is 11.3 Å². The van der Waals surface area contributed by atoms with Crippen LogP contribution in [0.3, 0.4) is 0 Å². The highest BCUT2D eigenvalue weighted by Gasteiger charge is 2.40. The molecule has 3 atom stereocenters. The Kier molecular flexibility index (Phi) is 5.39. The SMILES string of the molecule is COC1CC(C(=O)O)N(C(=O)NCC(C)C(C)(C)C)C1. The van der Waals surface area contributed by atoms with Crippen molar-refractivity contribution in [1.29, 1.82) is 0 Å². The molecule has 3 unspecified atom stereocenters. The summed E-state index contributed by atoms with van der Waals surface area (Å²) in [4.78, 5) is 24.7. The molecule has 0 spiro atoms. The van der Waals surface area contributed by atoms with Gasteiger partial charge in [0.2, 0.25) is 0 Å². The molecular weight excluding hydrogens is 260 g/mol. The molecule has 2 amide bonds.